The topological polar surface area (TPSA) is 90.4 Å². The molecule has 3 N–H and O–H groups in total. The third kappa shape index (κ3) is 3.68. The fraction of sp³-hybridized carbons (Fsp3) is 0.231. The summed E-state index contributed by atoms with van der Waals surface area (Å²) in [7, 11) is 1.91. The highest BCUT2D eigenvalue weighted by Crippen LogP contribution is 2.41. The summed E-state index contributed by atoms with van der Waals surface area (Å²) in [5.41, 5.74) is 13.1. The Morgan fingerprint density at radius 1 is 1.12 bits per heavy atom. The highest BCUT2D eigenvalue weighted by Gasteiger charge is 2.26. The van der Waals surface area contributed by atoms with Gasteiger partial charge in [0, 0.05) is 37.3 Å². The molecule has 3 aromatic carbocycles. The summed E-state index contributed by atoms with van der Waals surface area (Å²) in [4.78, 5) is 11.1. The first-order chi connectivity index (χ1) is 15.5. The third-order valence-electron chi connectivity index (χ3n) is 6.12. The van der Waals surface area contributed by atoms with Crippen LogP contribution in [0.5, 0.6) is 5.75 Å². The Balaban J connectivity index is 1.59. The molecule has 0 bridgehead atoms. The van der Waals surface area contributed by atoms with E-state index in [1.165, 1.54) is 11.1 Å². The van der Waals surface area contributed by atoms with E-state index in [9.17, 15) is 4.79 Å². The lowest BCUT2D eigenvalue weighted by Gasteiger charge is -2.19. The Kier molecular flexibility index (Phi) is 5.05. The van der Waals surface area contributed by atoms with Gasteiger partial charge < -0.3 is 15.6 Å². The molecule has 0 atom stereocenters. The van der Waals surface area contributed by atoms with Gasteiger partial charge in [0.2, 0.25) is 0 Å². The second kappa shape index (κ2) is 8.04. The maximum atomic E-state index is 11.1. The SMILES string of the molecule is Cn1nc(-c2cc(CCC(=O)O)cc(N)c2OC2Cc3ccccc3C2)c2ccccc21. The average molecular weight is 428 g/mol. The highest BCUT2D eigenvalue weighted by atomic mass is 16.5. The molecule has 0 amide bonds. The molecule has 0 fully saturated rings. The van der Waals surface area contributed by atoms with E-state index < -0.39 is 5.97 Å². The van der Waals surface area contributed by atoms with Crippen LogP contribution in [0.1, 0.15) is 23.1 Å². The molecule has 0 radical (unpaired) electrons. The quantitative estimate of drug-likeness (QED) is 0.446. The number of aromatic nitrogens is 2. The number of ether oxygens (including phenoxy) is 1. The Morgan fingerprint density at radius 2 is 1.81 bits per heavy atom. The van der Waals surface area contributed by atoms with Crippen molar-refractivity contribution in [2.24, 2.45) is 7.05 Å². The van der Waals surface area contributed by atoms with Crippen LogP contribution >= 0.6 is 0 Å². The summed E-state index contributed by atoms with van der Waals surface area (Å²) in [6, 6.07) is 20.2. The summed E-state index contributed by atoms with van der Waals surface area (Å²) in [5.74, 6) is -0.219. The van der Waals surface area contributed by atoms with Crippen molar-refractivity contribution in [2.75, 3.05) is 5.73 Å². The molecule has 1 heterocycles. The number of hydrogen-bond donors (Lipinski definition) is 2. The summed E-state index contributed by atoms with van der Waals surface area (Å²) in [6.07, 6.45) is 2.09. The third-order valence-corrected chi connectivity index (χ3v) is 6.12. The summed E-state index contributed by atoms with van der Waals surface area (Å²) < 4.78 is 8.37. The molecular weight excluding hydrogens is 402 g/mol. The zero-order valence-corrected chi connectivity index (χ0v) is 17.9. The number of nitrogen functional groups attached to an aromatic ring is 1. The van der Waals surface area contributed by atoms with Crippen molar-refractivity contribution in [2.45, 2.75) is 31.8 Å². The molecule has 6 heteroatoms. The number of carbonyl (C=O) groups is 1. The number of aliphatic carboxylic acids is 1. The first-order valence-electron chi connectivity index (χ1n) is 10.8. The Morgan fingerprint density at radius 3 is 2.53 bits per heavy atom. The van der Waals surface area contributed by atoms with Gasteiger partial charge in [-0.25, -0.2) is 0 Å². The molecule has 1 aliphatic rings. The second-order valence-corrected chi connectivity index (χ2v) is 8.36. The number of hydrogen-bond acceptors (Lipinski definition) is 4. The fourth-order valence-electron chi connectivity index (χ4n) is 4.60. The van der Waals surface area contributed by atoms with Crippen LogP contribution in [0.2, 0.25) is 0 Å². The normalized spacial score (nSPS) is 13.4. The minimum Gasteiger partial charge on any atom is -0.487 e. The zero-order chi connectivity index (χ0) is 22.2. The Labute approximate surface area is 186 Å². The molecule has 1 aliphatic carbocycles. The van der Waals surface area contributed by atoms with Gasteiger partial charge >= 0.3 is 5.97 Å². The molecule has 0 spiro atoms. The second-order valence-electron chi connectivity index (χ2n) is 8.36. The van der Waals surface area contributed by atoms with Crippen molar-refractivity contribution >= 4 is 22.6 Å². The van der Waals surface area contributed by atoms with Crippen LogP contribution in [-0.4, -0.2) is 27.0 Å². The number of benzene rings is 3. The monoisotopic (exact) mass is 427 g/mol. The number of carboxylic acid groups (broad SMARTS) is 1. The van der Waals surface area contributed by atoms with Crippen molar-refractivity contribution in [1.82, 2.24) is 9.78 Å². The maximum Gasteiger partial charge on any atom is 0.303 e. The van der Waals surface area contributed by atoms with Gasteiger partial charge in [-0.15, -0.1) is 0 Å². The number of rotatable bonds is 6. The molecular formula is C26H25N3O3. The summed E-state index contributed by atoms with van der Waals surface area (Å²) in [5, 5.41) is 14.9. The van der Waals surface area contributed by atoms with Crippen molar-refractivity contribution in [1.29, 1.82) is 0 Å². The fourth-order valence-corrected chi connectivity index (χ4v) is 4.60. The molecule has 162 valence electrons. The average Bonchev–Trinajstić information content (AvgIpc) is 3.34. The van der Waals surface area contributed by atoms with Crippen LogP contribution in [0, 0.1) is 0 Å². The van der Waals surface area contributed by atoms with Gasteiger partial charge in [-0.2, -0.15) is 5.10 Å². The number of nitrogens with zero attached hydrogens (tertiary/aromatic N) is 2. The van der Waals surface area contributed by atoms with E-state index in [1.807, 2.05) is 48.1 Å². The molecule has 0 aliphatic heterocycles. The number of aryl methyl sites for hydroxylation is 2. The van der Waals surface area contributed by atoms with Gasteiger partial charge in [0.05, 0.1) is 11.2 Å². The van der Waals surface area contributed by atoms with Crippen molar-refractivity contribution < 1.29 is 14.6 Å². The Bertz CT molecular complexity index is 1300. The van der Waals surface area contributed by atoms with Gasteiger partial charge in [0.25, 0.3) is 0 Å². The largest absolute Gasteiger partial charge is 0.487 e. The number of carboxylic acids is 1. The lowest BCUT2D eigenvalue weighted by Crippen LogP contribution is -2.18. The summed E-state index contributed by atoms with van der Waals surface area (Å²) in [6.45, 7) is 0. The van der Waals surface area contributed by atoms with Gasteiger partial charge in [-0.1, -0.05) is 42.5 Å². The number of nitrogens with two attached hydrogens (primary N) is 1. The van der Waals surface area contributed by atoms with E-state index in [2.05, 4.69) is 24.3 Å². The van der Waals surface area contributed by atoms with Crippen molar-refractivity contribution in [3.05, 3.63) is 77.4 Å². The van der Waals surface area contributed by atoms with Crippen LogP contribution in [0.15, 0.2) is 60.7 Å². The van der Waals surface area contributed by atoms with Gasteiger partial charge in [0.1, 0.15) is 11.8 Å². The predicted molar refractivity (Wildman–Crippen MR) is 125 cm³/mol. The molecule has 0 saturated heterocycles. The standard InChI is InChI=1S/C26H25N3O3/c1-29-23-9-5-4-8-20(23)25(28-29)21-12-16(10-11-24(30)31)13-22(27)26(21)32-19-14-17-6-2-3-7-18(17)15-19/h2-9,12-13,19H,10-11,14-15,27H2,1H3,(H,30,31). The Hall–Kier alpha value is -3.80. The van der Waals surface area contributed by atoms with Crippen LogP contribution in [0.25, 0.3) is 22.2 Å². The zero-order valence-electron chi connectivity index (χ0n) is 17.9. The molecule has 0 saturated carbocycles. The van der Waals surface area contributed by atoms with Gasteiger partial charge in [-0.3, -0.25) is 9.48 Å². The van der Waals surface area contributed by atoms with Crippen LogP contribution in [0.3, 0.4) is 0 Å². The van der Waals surface area contributed by atoms with Crippen molar-refractivity contribution in [3.63, 3.8) is 0 Å². The minimum atomic E-state index is -0.836. The van der Waals surface area contributed by atoms with E-state index in [4.69, 9.17) is 20.7 Å². The van der Waals surface area contributed by atoms with E-state index >= 15 is 0 Å². The first-order valence-corrected chi connectivity index (χ1v) is 10.8. The molecule has 1 aromatic heterocycles. The number of para-hydroxylation sites is 1. The van der Waals surface area contributed by atoms with Crippen LogP contribution in [0.4, 0.5) is 5.69 Å². The van der Waals surface area contributed by atoms with E-state index in [-0.39, 0.29) is 12.5 Å². The lowest BCUT2D eigenvalue weighted by molar-refractivity contribution is -0.136. The van der Waals surface area contributed by atoms with Gasteiger partial charge in [-0.05, 0) is 41.3 Å². The smallest absolute Gasteiger partial charge is 0.303 e. The van der Waals surface area contributed by atoms with Crippen molar-refractivity contribution in [3.8, 4) is 17.0 Å². The molecule has 4 aromatic rings. The number of anilines is 1. The van der Waals surface area contributed by atoms with E-state index in [1.54, 1.807) is 0 Å². The van der Waals surface area contributed by atoms with Crippen LogP contribution in [-0.2, 0) is 31.1 Å². The first kappa shape index (κ1) is 20.1. The molecule has 6 nitrogen and oxygen atoms in total. The summed E-state index contributed by atoms with van der Waals surface area (Å²) >= 11 is 0. The van der Waals surface area contributed by atoms with Crippen LogP contribution < -0.4 is 10.5 Å². The molecule has 32 heavy (non-hydrogen) atoms. The highest BCUT2D eigenvalue weighted by molar-refractivity contribution is 5.96. The van der Waals surface area contributed by atoms with E-state index in [0.29, 0.717) is 17.9 Å². The minimum absolute atomic E-state index is 0.00621. The van der Waals surface area contributed by atoms with Gasteiger partial charge in [0.15, 0.2) is 5.75 Å². The molecule has 0 unspecified atom stereocenters. The molecule has 5 rings (SSSR count). The maximum absolute atomic E-state index is 11.1. The predicted octanol–water partition coefficient (Wildman–Crippen LogP) is 4.39. The lowest BCUT2D eigenvalue weighted by atomic mass is 10.00. The van der Waals surface area contributed by atoms with E-state index in [0.717, 1.165) is 40.6 Å². The number of fused-ring (bicyclic) bond motifs is 2.